The van der Waals surface area contributed by atoms with Gasteiger partial charge in [-0.15, -0.1) is 0 Å². The predicted molar refractivity (Wildman–Crippen MR) is 69.2 cm³/mol. The van der Waals surface area contributed by atoms with Crippen LogP contribution in [-0.4, -0.2) is 0 Å². The number of rotatable bonds is 2. The van der Waals surface area contributed by atoms with Crippen molar-refractivity contribution in [3.05, 3.63) is 35.4 Å². The lowest BCUT2D eigenvalue weighted by Crippen LogP contribution is -2.26. The average molecular weight is 217 g/mol. The standard InChI is InChI=1S/C15H23N/c1-11-6-5-8-13(10-11)15(16)14-9-4-3-7-12(14)2/h3-4,7,9,11,13,15H,5-6,8,10,16H2,1-2H3/t11-,13-,15-/m1/s1. The molecule has 2 rings (SSSR count). The Balaban J connectivity index is 2.12. The topological polar surface area (TPSA) is 26.0 Å². The van der Waals surface area contributed by atoms with Gasteiger partial charge in [-0.05, 0) is 42.7 Å². The molecule has 1 aliphatic rings. The van der Waals surface area contributed by atoms with E-state index in [2.05, 4.69) is 38.1 Å². The molecule has 1 aromatic rings. The monoisotopic (exact) mass is 217 g/mol. The lowest BCUT2D eigenvalue weighted by Gasteiger charge is -2.32. The first-order chi connectivity index (χ1) is 7.68. The summed E-state index contributed by atoms with van der Waals surface area (Å²) >= 11 is 0. The molecule has 88 valence electrons. The quantitative estimate of drug-likeness (QED) is 0.800. The van der Waals surface area contributed by atoms with Crippen molar-refractivity contribution in [3.8, 4) is 0 Å². The fraction of sp³-hybridized carbons (Fsp3) is 0.600. The highest BCUT2D eigenvalue weighted by Crippen LogP contribution is 2.36. The van der Waals surface area contributed by atoms with Crippen LogP contribution in [0.3, 0.4) is 0 Å². The number of aryl methyl sites for hydroxylation is 1. The van der Waals surface area contributed by atoms with Crippen LogP contribution in [0.4, 0.5) is 0 Å². The molecule has 0 radical (unpaired) electrons. The summed E-state index contributed by atoms with van der Waals surface area (Å²) in [7, 11) is 0. The van der Waals surface area contributed by atoms with Gasteiger partial charge in [-0.1, -0.05) is 44.0 Å². The summed E-state index contributed by atoms with van der Waals surface area (Å²) in [5, 5.41) is 0. The van der Waals surface area contributed by atoms with Crippen molar-refractivity contribution >= 4 is 0 Å². The minimum absolute atomic E-state index is 0.240. The predicted octanol–water partition coefficient (Wildman–Crippen LogP) is 3.82. The average Bonchev–Trinajstić information content (AvgIpc) is 2.29. The van der Waals surface area contributed by atoms with Gasteiger partial charge in [0.2, 0.25) is 0 Å². The Labute approximate surface area is 99.0 Å². The van der Waals surface area contributed by atoms with Crippen LogP contribution in [0.15, 0.2) is 24.3 Å². The molecular weight excluding hydrogens is 194 g/mol. The van der Waals surface area contributed by atoms with Gasteiger partial charge in [0.15, 0.2) is 0 Å². The van der Waals surface area contributed by atoms with Crippen LogP contribution in [0, 0.1) is 18.8 Å². The Kier molecular flexibility index (Phi) is 3.65. The van der Waals surface area contributed by atoms with E-state index in [-0.39, 0.29) is 6.04 Å². The van der Waals surface area contributed by atoms with Crippen LogP contribution in [-0.2, 0) is 0 Å². The summed E-state index contributed by atoms with van der Waals surface area (Å²) in [4.78, 5) is 0. The molecule has 0 aromatic heterocycles. The summed E-state index contributed by atoms with van der Waals surface area (Å²) in [6, 6.07) is 8.80. The van der Waals surface area contributed by atoms with Crippen LogP contribution in [0.2, 0.25) is 0 Å². The van der Waals surface area contributed by atoms with Crippen molar-refractivity contribution in [2.75, 3.05) is 0 Å². The van der Waals surface area contributed by atoms with Crippen LogP contribution in [0.25, 0.3) is 0 Å². The molecule has 0 aliphatic heterocycles. The van der Waals surface area contributed by atoms with Gasteiger partial charge in [0.25, 0.3) is 0 Å². The number of benzene rings is 1. The van der Waals surface area contributed by atoms with Crippen LogP contribution in [0.5, 0.6) is 0 Å². The first-order valence-corrected chi connectivity index (χ1v) is 6.49. The number of nitrogens with two attached hydrogens (primary N) is 1. The molecule has 0 bridgehead atoms. The van der Waals surface area contributed by atoms with Crippen molar-refractivity contribution in [2.45, 2.75) is 45.6 Å². The highest BCUT2D eigenvalue weighted by atomic mass is 14.7. The van der Waals surface area contributed by atoms with Crippen molar-refractivity contribution in [2.24, 2.45) is 17.6 Å². The smallest absolute Gasteiger partial charge is 0.0326 e. The minimum atomic E-state index is 0.240. The van der Waals surface area contributed by atoms with Crippen LogP contribution in [0.1, 0.15) is 49.8 Å². The molecule has 0 saturated heterocycles. The van der Waals surface area contributed by atoms with E-state index in [0.717, 1.165) is 5.92 Å². The Morgan fingerprint density at radius 3 is 2.69 bits per heavy atom. The third-order valence-electron chi connectivity index (χ3n) is 4.03. The maximum atomic E-state index is 6.43. The van der Waals surface area contributed by atoms with Crippen LogP contribution < -0.4 is 5.73 Å². The maximum absolute atomic E-state index is 6.43. The lowest BCUT2D eigenvalue weighted by atomic mass is 9.76. The van der Waals surface area contributed by atoms with Gasteiger partial charge in [-0.2, -0.15) is 0 Å². The van der Waals surface area contributed by atoms with E-state index in [9.17, 15) is 0 Å². The van der Waals surface area contributed by atoms with Gasteiger partial charge >= 0.3 is 0 Å². The van der Waals surface area contributed by atoms with E-state index in [4.69, 9.17) is 5.73 Å². The fourth-order valence-electron chi connectivity index (χ4n) is 3.02. The van der Waals surface area contributed by atoms with Gasteiger partial charge in [0.05, 0.1) is 0 Å². The van der Waals surface area contributed by atoms with Crippen molar-refractivity contribution in [1.82, 2.24) is 0 Å². The van der Waals surface area contributed by atoms with E-state index in [1.807, 2.05) is 0 Å². The van der Waals surface area contributed by atoms with E-state index in [1.165, 1.54) is 36.8 Å². The molecular formula is C15H23N. The third kappa shape index (κ3) is 2.46. The largest absolute Gasteiger partial charge is 0.324 e. The zero-order valence-electron chi connectivity index (χ0n) is 10.4. The second-order valence-electron chi connectivity index (χ2n) is 5.41. The minimum Gasteiger partial charge on any atom is -0.324 e. The van der Waals surface area contributed by atoms with Crippen molar-refractivity contribution < 1.29 is 0 Å². The van der Waals surface area contributed by atoms with E-state index >= 15 is 0 Å². The first-order valence-electron chi connectivity index (χ1n) is 6.49. The molecule has 1 fully saturated rings. The Morgan fingerprint density at radius 2 is 2.00 bits per heavy atom. The van der Waals surface area contributed by atoms with Gasteiger partial charge in [-0.25, -0.2) is 0 Å². The summed E-state index contributed by atoms with van der Waals surface area (Å²) in [6.07, 6.45) is 5.34. The molecule has 1 aliphatic carbocycles. The molecule has 1 nitrogen and oxygen atoms in total. The first kappa shape index (κ1) is 11.7. The van der Waals surface area contributed by atoms with Gasteiger partial charge in [-0.3, -0.25) is 0 Å². The Hall–Kier alpha value is -0.820. The molecule has 1 saturated carbocycles. The molecule has 1 heteroatoms. The van der Waals surface area contributed by atoms with Crippen molar-refractivity contribution in [1.29, 1.82) is 0 Å². The zero-order chi connectivity index (χ0) is 11.5. The highest BCUT2D eigenvalue weighted by molar-refractivity contribution is 5.29. The summed E-state index contributed by atoms with van der Waals surface area (Å²) in [5.74, 6) is 1.54. The molecule has 0 amide bonds. The van der Waals surface area contributed by atoms with Gasteiger partial charge in [0.1, 0.15) is 0 Å². The second kappa shape index (κ2) is 5.01. The highest BCUT2D eigenvalue weighted by Gasteiger charge is 2.25. The maximum Gasteiger partial charge on any atom is 0.0326 e. The van der Waals surface area contributed by atoms with Crippen molar-refractivity contribution in [3.63, 3.8) is 0 Å². The third-order valence-corrected chi connectivity index (χ3v) is 4.03. The van der Waals surface area contributed by atoms with Gasteiger partial charge in [0, 0.05) is 6.04 Å². The summed E-state index contributed by atoms with van der Waals surface area (Å²) < 4.78 is 0. The zero-order valence-corrected chi connectivity index (χ0v) is 10.4. The molecule has 0 unspecified atom stereocenters. The number of hydrogen-bond acceptors (Lipinski definition) is 1. The summed E-state index contributed by atoms with van der Waals surface area (Å²) in [6.45, 7) is 4.53. The molecule has 2 N–H and O–H groups in total. The van der Waals surface area contributed by atoms with Gasteiger partial charge < -0.3 is 5.73 Å². The fourth-order valence-corrected chi connectivity index (χ4v) is 3.02. The Bertz CT molecular complexity index is 345. The summed E-state index contributed by atoms with van der Waals surface area (Å²) in [5.41, 5.74) is 9.12. The molecule has 0 spiro atoms. The SMILES string of the molecule is Cc1ccccc1[C@H](N)[C@@H]1CCC[C@@H](C)C1. The van der Waals surface area contributed by atoms with Crippen LogP contribution >= 0.6 is 0 Å². The lowest BCUT2D eigenvalue weighted by molar-refractivity contribution is 0.247. The van der Waals surface area contributed by atoms with E-state index in [1.54, 1.807) is 0 Å². The molecule has 0 heterocycles. The second-order valence-corrected chi connectivity index (χ2v) is 5.41. The van der Waals surface area contributed by atoms with E-state index in [0.29, 0.717) is 5.92 Å². The molecule has 1 aromatic carbocycles. The normalized spacial score (nSPS) is 27.7. The molecule has 16 heavy (non-hydrogen) atoms. The van der Waals surface area contributed by atoms with E-state index < -0.39 is 0 Å². The number of hydrogen-bond donors (Lipinski definition) is 1. The Morgan fingerprint density at radius 1 is 1.25 bits per heavy atom. The molecule has 3 atom stereocenters.